The van der Waals surface area contributed by atoms with Gasteiger partial charge < -0.3 is 5.73 Å². The number of rotatable bonds is 2. The van der Waals surface area contributed by atoms with E-state index in [0.29, 0.717) is 5.56 Å². The third-order valence-corrected chi connectivity index (χ3v) is 1.38. The Morgan fingerprint density at radius 3 is 3.00 bits per heavy atom. The molecular formula is C8H9FN3S+. The summed E-state index contributed by atoms with van der Waals surface area (Å²) in [6.45, 7) is 0. The molecule has 1 aromatic carbocycles. The highest BCUT2D eigenvalue weighted by molar-refractivity contribution is 7.80. The maximum atomic E-state index is 12.6. The van der Waals surface area contributed by atoms with E-state index < -0.39 is 0 Å². The van der Waals surface area contributed by atoms with Gasteiger partial charge >= 0.3 is 0 Å². The van der Waals surface area contributed by atoms with Gasteiger partial charge in [0.15, 0.2) is 6.21 Å². The van der Waals surface area contributed by atoms with Gasteiger partial charge in [0, 0.05) is 5.56 Å². The molecule has 1 rings (SSSR count). The van der Waals surface area contributed by atoms with Gasteiger partial charge in [-0.3, -0.25) is 0 Å². The van der Waals surface area contributed by atoms with Crippen molar-refractivity contribution in [1.29, 1.82) is 0 Å². The zero-order valence-electron chi connectivity index (χ0n) is 6.75. The Kier molecular flexibility index (Phi) is 3.33. The topological polar surface area (TPSA) is 52.0 Å². The lowest BCUT2D eigenvalue weighted by Gasteiger charge is -1.89. The van der Waals surface area contributed by atoms with Gasteiger partial charge in [0.25, 0.3) is 0 Å². The molecule has 0 aromatic heterocycles. The first-order valence-corrected chi connectivity index (χ1v) is 3.99. The molecule has 0 saturated carbocycles. The van der Waals surface area contributed by atoms with Crippen molar-refractivity contribution in [2.24, 2.45) is 5.73 Å². The molecule has 3 nitrogen and oxygen atoms in total. The standard InChI is InChI=1S/C8H8FN3S/c9-7-3-1-2-6(4-7)5-11-12-8(10)13/h1-5H,(H3,10,12,13)/p+1. The fourth-order valence-corrected chi connectivity index (χ4v) is 0.846. The predicted octanol–water partition coefficient (Wildman–Crippen LogP) is -0.927. The first kappa shape index (κ1) is 9.60. The van der Waals surface area contributed by atoms with E-state index in [9.17, 15) is 4.39 Å². The van der Waals surface area contributed by atoms with Crippen molar-refractivity contribution in [1.82, 2.24) is 5.43 Å². The largest absolute Gasteiger partial charge is 0.372 e. The lowest BCUT2D eigenvalue weighted by Crippen LogP contribution is -2.82. The highest BCUT2D eigenvalue weighted by atomic mass is 32.1. The van der Waals surface area contributed by atoms with Crippen LogP contribution >= 0.6 is 12.2 Å². The second-order valence-corrected chi connectivity index (χ2v) is 2.77. The number of hydrazone groups is 1. The van der Waals surface area contributed by atoms with Gasteiger partial charge in [0.1, 0.15) is 5.82 Å². The van der Waals surface area contributed by atoms with Gasteiger partial charge in [0.2, 0.25) is 5.11 Å². The number of benzene rings is 1. The lowest BCUT2D eigenvalue weighted by atomic mass is 10.2. The van der Waals surface area contributed by atoms with E-state index in [1.165, 1.54) is 12.1 Å². The highest BCUT2D eigenvalue weighted by Crippen LogP contribution is 1.98. The normalized spacial score (nSPS) is 10.2. The number of hydrogen-bond acceptors (Lipinski definition) is 1. The summed E-state index contributed by atoms with van der Waals surface area (Å²) in [6, 6.07) is 6.12. The lowest BCUT2D eigenvalue weighted by molar-refractivity contribution is -0.499. The molecule has 5 heteroatoms. The van der Waals surface area contributed by atoms with Crippen LogP contribution in [0.1, 0.15) is 5.56 Å². The Balaban J connectivity index is 2.63. The SMILES string of the molecule is NC(=S)N[NH+]=Cc1cccc(F)c1. The number of nitrogens with two attached hydrogens (primary N) is 1. The summed E-state index contributed by atoms with van der Waals surface area (Å²) in [6.07, 6.45) is 1.56. The minimum Gasteiger partial charge on any atom is -0.372 e. The van der Waals surface area contributed by atoms with E-state index in [1.54, 1.807) is 18.3 Å². The molecule has 0 radical (unpaired) electrons. The summed E-state index contributed by atoms with van der Waals surface area (Å²) >= 11 is 4.55. The zero-order chi connectivity index (χ0) is 9.68. The van der Waals surface area contributed by atoms with Gasteiger partial charge in [-0.05, 0) is 30.4 Å². The van der Waals surface area contributed by atoms with E-state index in [4.69, 9.17) is 5.73 Å². The first-order valence-electron chi connectivity index (χ1n) is 3.58. The molecule has 0 aliphatic carbocycles. The van der Waals surface area contributed by atoms with Gasteiger partial charge in [-0.1, -0.05) is 6.07 Å². The van der Waals surface area contributed by atoms with Gasteiger partial charge in [0.05, 0.1) is 0 Å². The van der Waals surface area contributed by atoms with Crippen LogP contribution in [0.4, 0.5) is 4.39 Å². The van der Waals surface area contributed by atoms with Crippen LogP contribution in [0.25, 0.3) is 0 Å². The second kappa shape index (κ2) is 4.51. The van der Waals surface area contributed by atoms with Crippen molar-refractivity contribution in [2.45, 2.75) is 0 Å². The van der Waals surface area contributed by atoms with Crippen molar-refractivity contribution in [3.8, 4) is 0 Å². The van der Waals surface area contributed by atoms with Crippen molar-refractivity contribution >= 4 is 23.5 Å². The molecule has 0 aliphatic rings. The van der Waals surface area contributed by atoms with Crippen LogP contribution in [0, 0.1) is 5.82 Å². The van der Waals surface area contributed by atoms with E-state index >= 15 is 0 Å². The molecule has 0 fully saturated rings. The van der Waals surface area contributed by atoms with E-state index in [0.717, 1.165) is 0 Å². The van der Waals surface area contributed by atoms with Crippen molar-refractivity contribution in [3.63, 3.8) is 0 Å². The van der Waals surface area contributed by atoms with Gasteiger partial charge in [-0.25, -0.2) is 4.39 Å². The van der Waals surface area contributed by atoms with Crippen LogP contribution in [-0.4, -0.2) is 11.3 Å². The molecule has 1 aromatic rings. The molecule has 0 saturated heterocycles. The van der Waals surface area contributed by atoms with Crippen molar-refractivity contribution in [2.75, 3.05) is 0 Å². The Morgan fingerprint density at radius 1 is 1.62 bits per heavy atom. The van der Waals surface area contributed by atoms with Crippen LogP contribution in [-0.2, 0) is 0 Å². The zero-order valence-corrected chi connectivity index (χ0v) is 7.57. The maximum Gasteiger partial charge on any atom is 0.221 e. The van der Waals surface area contributed by atoms with Crippen molar-refractivity contribution < 1.29 is 9.49 Å². The Bertz CT molecular complexity index is 338. The average Bonchev–Trinajstić information content (AvgIpc) is 2.03. The fraction of sp³-hybridized carbons (Fsp3) is 0. The molecule has 0 spiro atoms. The maximum absolute atomic E-state index is 12.6. The second-order valence-electron chi connectivity index (χ2n) is 2.33. The quantitative estimate of drug-likeness (QED) is 0.327. The highest BCUT2D eigenvalue weighted by Gasteiger charge is 1.93. The first-order chi connectivity index (χ1) is 6.18. The fourth-order valence-electron chi connectivity index (χ4n) is 0.787. The Morgan fingerprint density at radius 2 is 2.38 bits per heavy atom. The van der Waals surface area contributed by atoms with Crippen LogP contribution in [0.15, 0.2) is 24.3 Å². The van der Waals surface area contributed by atoms with Crippen LogP contribution in [0.3, 0.4) is 0 Å². The summed E-state index contributed by atoms with van der Waals surface area (Å²) in [5.41, 5.74) is 8.34. The van der Waals surface area contributed by atoms with E-state index in [1.807, 2.05) is 0 Å². The molecule has 0 aliphatic heterocycles. The third-order valence-electron chi connectivity index (χ3n) is 1.28. The van der Waals surface area contributed by atoms with Gasteiger partial charge in [-0.2, -0.15) is 0 Å². The monoisotopic (exact) mass is 198 g/mol. The number of halogens is 1. The number of hydrogen-bond donors (Lipinski definition) is 3. The van der Waals surface area contributed by atoms with Gasteiger partial charge in [-0.15, -0.1) is 10.5 Å². The molecule has 0 bridgehead atoms. The minimum atomic E-state index is -0.286. The molecule has 0 atom stereocenters. The summed E-state index contributed by atoms with van der Waals surface area (Å²) in [7, 11) is 0. The Hall–Kier alpha value is -1.49. The summed E-state index contributed by atoms with van der Waals surface area (Å²) in [5.74, 6) is -0.286. The molecule has 4 N–H and O–H groups in total. The third kappa shape index (κ3) is 3.62. The van der Waals surface area contributed by atoms with Crippen molar-refractivity contribution in [3.05, 3.63) is 35.6 Å². The van der Waals surface area contributed by atoms with Crippen LogP contribution in [0.5, 0.6) is 0 Å². The van der Waals surface area contributed by atoms with E-state index in [2.05, 4.69) is 22.7 Å². The summed E-state index contributed by atoms with van der Waals surface area (Å²) < 4.78 is 12.6. The minimum absolute atomic E-state index is 0.132. The Labute approximate surface area is 80.4 Å². The number of thiocarbonyl (C=S) groups is 1. The summed E-state index contributed by atoms with van der Waals surface area (Å²) in [5, 5.41) is 2.75. The summed E-state index contributed by atoms with van der Waals surface area (Å²) in [4.78, 5) is 0. The molecule has 13 heavy (non-hydrogen) atoms. The molecule has 0 heterocycles. The average molecular weight is 198 g/mol. The van der Waals surface area contributed by atoms with E-state index in [-0.39, 0.29) is 10.9 Å². The molecular weight excluding hydrogens is 189 g/mol. The molecule has 0 amide bonds. The number of hydrazine groups is 1. The number of nitrogens with one attached hydrogen (secondary N) is 2. The van der Waals surface area contributed by atoms with Crippen LogP contribution < -0.4 is 16.3 Å². The van der Waals surface area contributed by atoms with Crippen LogP contribution in [0.2, 0.25) is 0 Å². The molecule has 68 valence electrons. The smallest absolute Gasteiger partial charge is 0.221 e. The molecule has 0 unspecified atom stereocenters. The predicted molar refractivity (Wildman–Crippen MR) is 52.4 cm³/mol.